The molecule has 0 saturated carbocycles. The Kier molecular flexibility index (Phi) is 2.89. The lowest BCUT2D eigenvalue weighted by Crippen LogP contribution is -2.08. The van der Waals surface area contributed by atoms with Crippen molar-refractivity contribution >= 4 is 22.3 Å². The van der Waals surface area contributed by atoms with Gasteiger partial charge in [-0.3, -0.25) is 5.10 Å². The normalized spacial score (nSPS) is 12.8. The van der Waals surface area contributed by atoms with E-state index in [0.29, 0.717) is 5.69 Å². The molecule has 104 valence electrons. The smallest absolute Gasteiger partial charge is 0.106 e. The summed E-state index contributed by atoms with van der Waals surface area (Å²) in [5, 5.41) is 11.4. The summed E-state index contributed by atoms with van der Waals surface area (Å²) in [6.45, 7) is 6.02. The van der Waals surface area contributed by atoms with Gasteiger partial charge in [0.05, 0.1) is 29.1 Å². The maximum absolute atomic E-state index is 6.09. The Morgan fingerprint density at radius 3 is 2.80 bits per heavy atom. The molecule has 3 rings (SSSR count). The van der Waals surface area contributed by atoms with Crippen LogP contribution in [0.5, 0.6) is 0 Å². The molecule has 5 heteroatoms. The van der Waals surface area contributed by atoms with E-state index in [1.165, 1.54) is 0 Å². The van der Waals surface area contributed by atoms with Crippen LogP contribution in [0.15, 0.2) is 28.8 Å². The molecule has 0 fully saturated rings. The molecule has 2 aromatic heterocycles. The Balaban J connectivity index is 1.92. The highest BCUT2D eigenvalue weighted by atomic mass is 16.3. The molecule has 1 atom stereocenters. The number of aryl methyl sites for hydroxylation is 2. The van der Waals surface area contributed by atoms with E-state index in [1.54, 1.807) is 6.20 Å². The summed E-state index contributed by atoms with van der Waals surface area (Å²) in [6.07, 6.45) is 1.77. The minimum Gasteiger partial charge on any atom is -0.466 e. The fraction of sp³-hybridized carbons (Fsp3) is 0.267. The minimum atomic E-state index is 0.120. The van der Waals surface area contributed by atoms with Crippen molar-refractivity contribution in [3.05, 3.63) is 41.5 Å². The Morgan fingerprint density at radius 2 is 2.10 bits per heavy atom. The number of nitrogens with two attached hydrogens (primary N) is 1. The Bertz CT molecular complexity index is 756. The molecule has 0 aliphatic rings. The third kappa shape index (κ3) is 2.11. The number of nitrogens with one attached hydrogen (secondary N) is 2. The number of H-pyrrole nitrogens is 1. The topological polar surface area (TPSA) is 79.9 Å². The van der Waals surface area contributed by atoms with Crippen molar-refractivity contribution in [2.75, 3.05) is 11.1 Å². The molecule has 1 unspecified atom stereocenters. The molecule has 0 spiro atoms. The van der Waals surface area contributed by atoms with Gasteiger partial charge in [-0.15, -0.1) is 0 Å². The molecule has 0 amide bonds. The second kappa shape index (κ2) is 4.59. The van der Waals surface area contributed by atoms with E-state index >= 15 is 0 Å². The second-order valence-electron chi connectivity index (χ2n) is 5.13. The summed E-state index contributed by atoms with van der Waals surface area (Å²) in [5.41, 5.74) is 9.81. The third-order valence-electron chi connectivity index (χ3n) is 3.53. The number of rotatable bonds is 3. The molecule has 4 N–H and O–H groups in total. The predicted molar refractivity (Wildman–Crippen MR) is 80.7 cm³/mol. The van der Waals surface area contributed by atoms with E-state index in [-0.39, 0.29) is 6.04 Å². The first-order valence-electron chi connectivity index (χ1n) is 6.60. The Morgan fingerprint density at radius 1 is 1.30 bits per heavy atom. The maximum atomic E-state index is 6.09. The summed E-state index contributed by atoms with van der Waals surface area (Å²) < 4.78 is 5.57. The average molecular weight is 270 g/mol. The third-order valence-corrected chi connectivity index (χ3v) is 3.53. The largest absolute Gasteiger partial charge is 0.466 e. The van der Waals surface area contributed by atoms with Gasteiger partial charge in [0.25, 0.3) is 0 Å². The van der Waals surface area contributed by atoms with Gasteiger partial charge in [0.15, 0.2) is 0 Å². The zero-order valence-corrected chi connectivity index (χ0v) is 11.8. The van der Waals surface area contributed by atoms with Crippen LogP contribution in [-0.2, 0) is 0 Å². The molecule has 0 aliphatic carbocycles. The van der Waals surface area contributed by atoms with Crippen molar-refractivity contribution in [1.82, 2.24) is 10.2 Å². The van der Waals surface area contributed by atoms with Crippen LogP contribution in [0.2, 0.25) is 0 Å². The van der Waals surface area contributed by atoms with Crippen LogP contribution in [0.1, 0.15) is 30.0 Å². The lowest BCUT2D eigenvalue weighted by molar-refractivity contribution is 0.500. The van der Waals surface area contributed by atoms with Crippen molar-refractivity contribution in [3.63, 3.8) is 0 Å². The van der Waals surface area contributed by atoms with E-state index in [0.717, 1.165) is 33.7 Å². The van der Waals surface area contributed by atoms with Crippen molar-refractivity contribution in [2.24, 2.45) is 0 Å². The maximum Gasteiger partial charge on any atom is 0.106 e. The van der Waals surface area contributed by atoms with Gasteiger partial charge >= 0.3 is 0 Å². The van der Waals surface area contributed by atoms with E-state index in [9.17, 15) is 0 Å². The van der Waals surface area contributed by atoms with Gasteiger partial charge < -0.3 is 15.5 Å². The summed E-state index contributed by atoms with van der Waals surface area (Å²) in [6, 6.07) is 6.07. The lowest BCUT2D eigenvalue weighted by atomic mass is 10.1. The molecular formula is C15H18N4O. The fourth-order valence-electron chi connectivity index (χ4n) is 2.53. The van der Waals surface area contributed by atoms with Crippen LogP contribution in [0.3, 0.4) is 0 Å². The van der Waals surface area contributed by atoms with Crippen LogP contribution in [-0.4, -0.2) is 10.2 Å². The number of hydrogen-bond acceptors (Lipinski definition) is 4. The Labute approximate surface area is 117 Å². The van der Waals surface area contributed by atoms with Crippen LogP contribution in [0.25, 0.3) is 10.9 Å². The summed E-state index contributed by atoms with van der Waals surface area (Å²) in [5.74, 6) is 1.85. The first-order chi connectivity index (χ1) is 9.54. The summed E-state index contributed by atoms with van der Waals surface area (Å²) in [4.78, 5) is 0. The highest BCUT2D eigenvalue weighted by Crippen LogP contribution is 2.30. The van der Waals surface area contributed by atoms with Crippen LogP contribution >= 0.6 is 0 Å². The van der Waals surface area contributed by atoms with Crippen LogP contribution in [0.4, 0.5) is 11.4 Å². The number of fused-ring (bicyclic) bond motifs is 1. The van der Waals surface area contributed by atoms with E-state index < -0.39 is 0 Å². The van der Waals surface area contributed by atoms with Gasteiger partial charge in [-0.1, -0.05) is 0 Å². The lowest BCUT2D eigenvalue weighted by Gasteiger charge is -2.16. The highest BCUT2D eigenvalue weighted by Gasteiger charge is 2.14. The summed E-state index contributed by atoms with van der Waals surface area (Å²) >= 11 is 0. The number of nitrogens with zero attached hydrogens (tertiary/aromatic N) is 1. The van der Waals surface area contributed by atoms with Gasteiger partial charge in [0, 0.05) is 10.9 Å². The number of aromatic amines is 1. The van der Waals surface area contributed by atoms with Gasteiger partial charge in [0.1, 0.15) is 11.5 Å². The van der Waals surface area contributed by atoms with Crippen molar-refractivity contribution in [3.8, 4) is 0 Å². The minimum absolute atomic E-state index is 0.120. The predicted octanol–water partition coefficient (Wildman–Crippen LogP) is 3.53. The van der Waals surface area contributed by atoms with Crippen molar-refractivity contribution in [1.29, 1.82) is 0 Å². The molecule has 0 radical (unpaired) electrons. The second-order valence-corrected chi connectivity index (χ2v) is 5.13. The number of furan rings is 1. The number of hydrogen-bond donors (Lipinski definition) is 3. The van der Waals surface area contributed by atoms with Crippen LogP contribution < -0.4 is 11.1 Å². The van der Waals surface area contributed by atoms with Crippen LogP contribution in [0, 0.1) is 13.8 Å². The number of anilines is 2. The molecule has 5 nitrogen and oxygen atoms in total. The zero-order chi connectivity index (χ0) is 14.3. The standard InChI is InChI=1S/C15H18N4O/c1-8-4-12(10(3)20-8)9(2)18-15-6-14-11(5-13(15)16)7-17-19-14/h4-7,9,18H,16H2,1-3H3,(H,17,19). The molecule has 1 aromatic carbocycles. The summed E-state index contributed by atoms with van der Waals surface area (Å²) in [7, 11) is 0. The molecule has 3 aromatic rings. The SMILES string of the molecule is Cc1cc(C(C)Nc2cc3[nH]ncc3cc2N)c(C)o1. The quantitative estimate of drug-likeness (QED) is 0.636. The molecule has 0 bridgehead atoms. The molecule has 0 saturated heterocycles. The molecule has 0 aliphatic heterocycles. The van der Waals surface area contributed by atoms with Gasteiger partial charge in [0.2, 0.25) is 0 Å². The van der Waals surface area contributed by atoms with Gasteiger partial charge in [-0.05, 0) is 39.0 Å². The van der Waals surface area contributed by atoms with Gasteiger partial charge in [-0.25, -0.2) is 0 Å². The number of nitrogen functional groups attached to an aromatic ring is 1. The Hall–Kier alpha value is -2.43. The number of aromatic nitrogens is 2. The monoisotopic (exact) mass is 270 g/mol. The molecule has 20 heavy (non-hydrogen) atoms. The fourth-order valence-corrected chi connectivity index (χ4v) is 2.53. The van der Waals surface area contributed by atoms with Crippen molar-refractivity contribution in [2.45, 2.75) is 26.8 Å². The highest BCUT2D eigenvalue weighted by molar-refractivity contribution is 5.88. The first kappa shape index (κ1) is 12.6. The average Bonchev–Trinajstić information content (AvgIpc) is 2.95. The zero-order valence-electron chi connectivity index (χ0n) is 11.8. The van der Waals surface area contributed by atoms with E-state index in [1.807, 2.05) is 26.0 Å². The van der Waals surface area contributed by atoms with Gasteiger partial charge in [-0.2, -0.15) is 5.10 Å². The number of benzene rings is 1. The van der Waals surface area contributed by atoms with E-state index in [4.69, 9.17) is 10.2 Å². The molecule has 2 heterocycles. The molecular weight excluding hydrogens is 252 g/mol. The first-order valence-corrected chi connectivity index (χ1v) is 6.60. The van der Waals surface area contributed by atoms with Crippen molar-refractivity contribution < 1.29 is 4.42 Å². The van der Waals surface area contributed by atoms with E-state index in [2.05, 4.69) is 28.5 Å².